The molecule has 7 heteroatoms. The molecule has 1 aromatic carbocycles. The van der Waals surface area contributed by atoms with Crippen LogP contribution in [0.25, 0.3) is 0 Å². The Labute approximate surface area is 117 Å². The number of hydrogen-bond acceptors (Lipinski definition) is 4. The summed E-state index contributed by atoms with van der Waals surface area (Å²) in [6.45, 7) is 1.44. The van der Waals surface area contributed by atoms with Crippen molar-refractivity contribution in [3.8, 4) is 17.9 Å². The molecule has 0 radical (unpaired) electrons. The number of hydrogen-bond donors (Lipinski definition) is 2. The first-order chi connectivity index (χ1) is 8.90. The summed E-state index contributed by atoms with van der Waals surface area (Å²) >= 11 is 5.83. The maximum atomic E-state index is 11.8. The molecule has 0 spiro atoms. The lowest BCUT2D eigenvalue weighted by Crippen LogP contribution is -2.24. The van der Waals surface area contributed by atoms with Crippen molar-refractivity contribution in [2.75, 3.05) is 11.3 Å². The van der Waals surface area contributed by atoms with Crippen molar-refractivity contribution in [3.63, 3.8) is 0 Å². The predicted molar refractivity (Wildman–Crippen MR) is 75.0 cm³/mol. The fourth-order valence-electron chi connectivity index (χ4n) is 1.17. The average molecular weight is 298 g/mol. The van der Waals surface area contributed by atoms with Crippen molar-refractivity contribution >= 4 is 27.3 Å². The molecule has 0 saturated carbocycles. The highest BCUT2D eigenvalue weighted by Crippen LogP contribution is 2.21. The third-order valence-electron chi connectivity index (χ3n) is 2.21. The van der Waals surface area contributed by atoms with E-state index < -0.39 is 15.3 Å². The minimum absolute atomic E-state index is 0.146. The zero-order valence-corrected chi connectivity index (χ0v) is 11.7. The van der Waals surface area contributed by atoms with Crippen LogP contribution in [0.4, 0.5) is 5.69 Å². The molecule has 1 aromatic rings. The zero-order valence-electron chi connectivity index (χ0n) is 10.1. The van der Waals surface area contributed by atoms with Gasteiger partial charge in [0, 0.05) is 5.02 Å². The van der Waals surface area contributed by atoms with Crippen molar-refractivity contribution in [2.24, 2.45) is 5.73 Å². The van der Waals surface area contributed by atoms with Crippen molar-refractivity contribution in [2.45, 2.75) is 12.2 Å². The number of rotatable bonds is 3. The normalized spacial score (nSPS) is 11.9. The van der Waals surface area contributed by atoms with E-state index in [2.05, 4.69) is 16.6 Å². The Hall–Kier alpha value is -1.73. The Kier molecular flexibility index (Phi) is 5.20. The molecule has 0 aliphatic carbocycles. The first-order valence-electron chi connectivity index (χ1n) is 5.30. The maximum absolute atomic E-state index is 11.8. The van der Waals surface area contributed by atoms with E-state index in [1.165, 1.54) is 25.1 Å². The van der Waals surface area contributed by atoms with Gasteiger partial charge in [-0.3, -0.25) is 4.72 Å². The van der Waals surface area contributed by atoms with Crippen molar-refractivity contribution in [1.82, 2.24) is 0 Å². The van der Waals surface area contributed by atoms with Crippen LogP contribution in [0, 0.1) is 23.2 Å². The van der Waals surface area contributed by atoms with Crippen molar-refractivity contribution < 1.29 is 8.42 Å². The second-order valence-corrected chi connectivity index (χ2v) is 6.05. The minimum atomic E-state index is -3.78. The molecule has 1 atom stereocenters. The Morgan fingerprint density at radius 1 is 1.53 bits per heavy atom. The van der Waals surface area contributed by atoms with E-state index in [9.17, 15) is 8.42 Å². The van der Waals surface area contributed by atoms with E-state index in [0.29, 0.717) is 10.6 Å². The third-order valence-corrected chi connectivity index (χ3v) is 3.98. The summed E-state index contributed by atoms with van der Waals surface area (Å²) < 4.78 is 25.9. The van der Waals surface area contributed by atoms with Crippen LogP contribution in [0.1, 0.15) is 12.5 Å². The topological polar surface area (TPSA) is 96.0 Å². The van der Waals surface area contributed by atoms with Crippen LogP contribution in [-0.4, -0.2) is 20.2 Å². The van der Waals surface area contributed by atoms with Crippen LogP contribution >= 0.6 is 11.6 Å². The fraction of sp³-hybridized carbons (Fsp3) is 0.250. The van der Waals surface area contributed by atoms with Crippen molar-refractivity contribution in [1.29, 1.82) is 5.26 Å². The zero-order chi connectivity index (χ0) is 14.5. The fourth-order valence-corrected chi connectivity index (χ4v) is 2.14. The van der Waals surface area contributed by atoms with Gasteiger partial charge in [0.05, 0.1) is 23.9 Å². The summed E-state index contributed by atoms with van der Waals surface area (Å²) in [5.74, 6) is 5.34. The summed E-state index contributed by atoms with van der Waals surface area (Å²) in [5.41, 5.74) is 5.95. The van der Waals surface area contributed by atoms with Crippen LogP contribution in [0.5, 0.6) is 0 Å². The molecule has 3 N–H and O–H groups in total. The second kappa shape index (κ2) is 6.44. The standard InChI is InChI=1S/C12H12ClN3O2S/c1-9(8-15)19(17,18)16-12-5-4-11(13)7-10(12)3-2-6-14/h4-5,7,9,16H,6,14H2,1H3. The first-order valence-corrected chi connectivity index (χ1v) is 7.23. The Bertz CT molecular complexity index is 668. The number of halogens is 1. The lowest BCUT2D eigenvalue weighted by atomic mass is 10.2. The molecule has 0 fully saturated rings. The van der Waals surface area contributed by atoms with E-state index in [-0.39, 0.29) is 12.2 Å². The first kappa shape index (κ1) is 15.3. The van der Waals surface area contributed by atoms with Crippen LogP contribution in [0.2, 0.25) is 5.02 Å². The molecule has 0 aliphatic rings. The molecular weight excluding hydrogens is 286 g/mol. The highest BCUT2D eigenvalue weighted by molar-refractivity contribution is 7.93. The van der Waals surface area contributed by atoms with Gasteiger partial charge >= 0.3 is 0 Å². The van der Waals surface area contributed by atoms with Crippen LogP contribution in [0.3, 0.4) is 0 Å². The van der Waals surface area contributed by atoms with E-state index in [0.717, 1.165) is 0 Å². The predicted octanol–water partition coefficient (Wildman–Crippen LogP) is 1.30. The highest BCUT2D eigenvalue weighted by Gasteiger charge is 2.21. The number of nitrogens with two attached hydrogens (primary N) is 1. The number of nitrogens with one attached hydrogen (secondary N) is 1. The Morgan fingerprint density at radius 3 is 2.79 bits per heavy atom. The van der Waals surface area contributed by atoms with E-state index in [1.807, 2.05) is 0 Å². The second-order valence-electron chi connectivity index (χ2n) is 3.61. The summed E-state index contributed by atoms with van der Waals surface area (Å²) in [6.07, 6.45) is 0. The Morgan fingerprint density at radius 2 is 2.21 bits per heavy atom. The highest BCUT2D eigenvalue weighted by atomic mass is 35.5. The maximum Gasteiger partial charge on any atom is 0.248 e. The largest absolute Gasteiger partial charge is 0.320 e. The van der Waals surface area contributed by atoms with E-state index >= 15 is 0 Å². The summed E-state index contributed by atoms with van der Waals surface area (Å²) in [5, 5.41) is 7.93. The van der Waals surface area contributed by atoms with Gasteiger partial charge in [0.1, 0.15) is 0 Å². The smallest absolute Gasteiger partial charge is 0.248 e. The molecule has 0 amide bonds. The molecule has 19 heavy (non-hydrogen) atoms. The quantitative estimate of drug-likeness (QED) is 0.822. The van der Waals surface area contributed by atoms with Gasteiger partial charge in [-0.2, -0.15) is 5.26 Å². The van der Waals surface area contributed by atoms with Crippen LogP contribution in [-0.2, 0) is 10.0 Å². The molecular formula is C12H12ClN3O2S. The lowest BCUT2D eigenvalue weighted by Gasteiger charge is -2.11. The molecule has 5 nitrogen and oxygen atoms in total. The number of benzene rings is 1. The van der Waals surface area contributed by atoms with Gasteiger partial charge in [-0.05, 0) is 25.1 Å². The molecule has 1 rings (SSSR count). The molecule has 100 valence electrons. The van der Waals surface area contributed by atoms with Gasteiger partial charge in [0.15, 0.2) is 5.25 Å². The molecule has 0 saturated heterocycles. The number of nitriles is 1. The minimum Gasteiger partial charge on any atom is -0.320 e. The number of sulfonamides is 1. The van der Waals surface area contributed by atoms with Gasteiger partial charge < -0.3 is 5.73 Å². The summed E-state index contributed by atoms with van der Waals surface area (Å²) in [4.78, 5) is 0. The van der Waals surface area contributed by atoms with Crippen LogP contribution in [0.15, 0.2) is 18.2 Å². The molecule has 0 aliphatic heterocycles. The third kappa shape index (κ3) is 4.15. The van der Waals surface area contributed by atoms with E-state index in [4.69, 9.17) is 22.6 Å². The van der Waals surface area contributed by atoms with Gasteiger partial charge in [0.25, 0.3) is 0 Å². The van der Waals surface area contributed by atoms with Crippen LogP contribution < -0.4 is 10.5 Å². The number of nitrogens with zero attached hydrogens (tertiary/aromatic N) is 1. The van der Waals surface area contributed by atoms with Gasteiger partial charge in [-0.1, -0.05) is 23.4 Å². The van der Waals surface area contributed by atoms with Gasteiger partial charge in [-0.25, -0.2) is 8.42 Å². The SMILES string of the molecule is CC(C#N)S(=O)(=O)Nc1ccc(Cl)cc1C#CCN. The Balaban J connectivity index is 3.19. The average Bonchev–Trinajstić information content (AvgIpc) is 2.37. The number of anilines is 1. The van der Waals surface area contributed by atoms with Gasteiger partial charge in [0.2, 0.25) is 10.0 Å². The van der Waals surface area contributed by atoms with Crippen molar-refractivity contribution in [3.05, 3.63) is 28.8 Å². The summed E-state index contributed by atoms with van der Waals surface area (Å²) in [7, 11) is -3.78. The summed E-state index contributed by atoms with van der Waals surface area (Å²) in [6, 6.07) is 6.22. The molecule has 0 heterocycles. The van der Waals surface area contributed by atoms with Gasteiger partial charge in [-0.15, -0.1) is 0 Å². The lowest BCUT2D eigenvalue weighted by molar-refractivity contribution is 0.597. The molecule has 0 bridgehead atoms. The monoisotopic (exact) mass is 297 g/mol. The molecule has 1 unspecified atom stereocenters. The molecule has 0 aromatic heterocycles. The van der Waals surface area contributed by atoms with E-state index in [1.54, 1.807) is 6.07 Å².